The molecule has 3 aliphatic carbocycles. The average molecular weight is 673 g/mol. The standard InChI is InChI=1S/C40H32O2S4/c1-19-5-9-23(10-6-19)27-13-15-29(43-27)31-17-25-37(41)33-22(4)36-34(21(3)35(33)39(25)45-31)38(42)26-18-32(46-40(26)36)30-16-14-28(44-30)24-11-7-20(2)8-12-24/h5-18,21-22,33-36H,1-4H3. The molecule has 6 atom stereocenters. The van der Waals surface area contributed by atoms with Crippen LogP contribution in [0, 0.1) is 37.5 Å². The van der Waals surface area contributed by atoms with E-state index in [0.717, 1.165) is 11.1 Å². The third-order valence-corrected chi connectivity index (χ3v) is 15.8. The fraction of sp³-hybridized carbons (Fsp3) is 0.250. The summed E-state index contributed by atoms with van der Waals surface area (Å²) in [5.41, 5.74) is 6.77. The van der Waals surface area contributed by atoms with Crippen molar-refractivity contribution in [2.75, 3.05) is 0 Å². The van der Waals surface area contributed by atoms with Gasteiger partial charge >= 0.3 is 0 Å². The van der Waals surface area contributed by atoms with Crippen LogP contribution in [-0.2, 0) is 0 Å². The first-order valence-electron chi connectivity index (χ1n) is 16.0. The van der Waals surface area contributed by atoms with E-state index in [2.05, 4.69) is 113 Å². The van der Waals surface area contributed by atoms with Crippen LogP contribution in [0.15, 0.2) is 84.9 Å². The largest absolute Gasteiger partial charge is 0.294 e. The van der Waals surface area contributed by atoms with Gasteiger partial charge < -0.3 is 0 Å². The molecule has 3 aliphatic rings. The Balaban J connectivity index is 1.02. The van der Waals surface area contributed by atoms with Crippen LogP contribution in [0.25, 0.3) is 40.4 Å². The number of carbonyl (C=O) groups excluding carboxylic acids is 2. The van der Waals surface area contributed by atoms with Crippen molar-refractivity contribution in [2.45, 2.75) is 39.5 Å². The molecule has 2 nitrogen and oxygen atoms in total. The van der Waals surface area contributed by atoms with Crippen molar-refractivity contribution < 1.29 is 9.59 Å². The SMILES string of the molecule is Cc1ccc(-c2ccc(-c3cc4c(s3)C3C(C)C5C(=O)c6cc(-c7ccc(-c8ccc(C)cc8)s7)sc6C5C(C)C3C4=O)s2)cc1. The minimum Gasteiger partial charge on any atom is -0.294 e. The summed E-state index contributed by atoms with van der Waals surface area (Å²) >= 11 is 7.15. The van der Waals surface area contributed by atoms with Crippen LogP contribution < -0.4 is 0 Å². The van der Waals surface area contributed by atoms with Gasteiger partial charge in [-0.25, -0.2) is 0 Å². The fourth-order valence-corrected chi connectivity index (χ4v) is 13.4. The number of carbonyl (C=O) groups is 2. The molecule has 0 radical (unpaired) electrons. The molecule has 2 aromatic carbocycles. The van der Waals surface area contributed by atoms with Gasteiger partial charge in [-0.05, 0) is 73.2 Å². The first kappa shape index (κ1) is 28.8. The van der Waals surface area contributed by atoms with E-state index in [4.69, 9.17) is 0 Å². The average Bonchev–Trinajstić information content (AvgIpc) is 3.89. The zero-order valence-electron chi connectivity index (χ0n) is 26.0. The number of hydrogen-bond donors (Lipinski definition) is 0. The molecule has 1 fully saturated rings. The van der Waals surface area contributed by atoms with E-state index in [-0.39, 0.29) is 47.1 Å². The molecular weight excluding hydrogens is 641 g/mol. The summed E-state index contributed by atoms with van der Waals surface area (Å²) in [6.45, 7) is 8.70. The number of Topliss-reactive ketones (excluding diaryl/α,β-unsaturated/α-hetero) is 2. The van der Waals surface area contributed by atoms with Crippen molar-refractivity contribution in [1.29, 1.82) is 0 Å². The molecular formula is C40H32O2S4. The number of rotatable bonds is 4. The summed E-state index contributed by atoms with van der Waals surface area (Å²) in [5.74, 6) is 0.930. The lowest BCUT2D eigenvalue weighted by molar-refractivity contribution is 0.0551. The van der Waals surface area contributed by atoms with E-state index in [1.165, 1.54) is 61.3 Å². The highest BCUT2D eigenvalue weighted by atomic mass is 32.1. The Morgan fingerprint density at radius 3 is 1.20 bits per heavy atom. The second kappa shape index (κ2) is 10.5. The second-order valence-electron chi connectivity index (χ2n) is 13.4. The molecule has 0 bridgehead atoms. The summed E-state index contributed by atoms with van der Waals surface area (Å²) in [6.07, 6.45) is 0. The summed E-state index contributed by atoms with van der Waals surface area (Å²) in [6, 6.07) is 30.4. The molecule has 0 saturated heterocycles. The Bertz CT molecular complexity index is 2010. The molecule has 0 amide bonds. The normalized spacial score (nSPS) is 24.6. The van der Waals surface area contributed by atoms with Crippen LogP contribution in [0.1, 0.15) is 67.3 Å². The lowest BCUT2D eigenvalue weighted by Gasteiger charge is -2.43. The third kappa shape index (κ3) is 4.23. The fourth-order valence-electron chi connectivity index (χ4n) is 8.34. The van der Waals surface area contributed by atoms with Crippen molar-refractivity contribution in [2.24, 2.45) is 23.7 Å². The van der Waals surface area contributed by atoms with E-state index in [1.807, 2.05) is 0 Å². The van der Waals surface area contributed by atoms with Gasteiger partial charge in [0.15, 0.2) is 11.6 Å². The van der Waals surface area contributed by atoms with Gasteiger partial charge in [0.1, 0.15) is 0 Å². The zero-order valence-corrected chi connectivity index (χ0v) is 29.3. The number of aryl methyl sites for hydroxylation is 2. The van der Waals surface area contributed by atoms with Crippen LogP contribution in [-0.4, -0.2) is 11.6 Å². The summed E-state index contributed by atoms with van der Waals surface area (Å²) in [4.78, 5) is 38.0. The van der Waals surface area contributed by atoms with Crippen LogP contribution in [0.3, 0.4) is 0 Å². The first-order chi connectivity index (χ1) is 22.3. The minimum absolute atomic E-state index is 0.0582. The van der Waals surface area contributed by atoms with Crippen molar-refractivity contribution in [3.05, 3.63) is 117 Å². The monoisotopic (exact) mass is 672 g/mol. The van der Waals surface area contributed by atoms with Crippen molar-refractivity contribution in [3.63, 3.8) is 0 Å². The summed E-state index contributed by atoms with van der Waals surface area (Å²) < 4.78 is 0. The Morgan fingerprint density at radius 2 is 0.804 bits per heavy atom. The van der Waals surface area contributed by atoms with Gasteiger partial charge in [-0.1, -0.05) is 73.5 Å². The van der Waals surface area contributed by atoms with E-state index < -0.39 is 0 Å². The molecule has 0 N–H and O–H groups in total. The quantitative estimate of drug-likeness (QED) is 0.187. The van der Waals surface area contributed by atoms with Crippen LogP contribution >= 0.6 is 45.3 Å². The predicted molar refractivity (Wildman–Crippen MR) is 195 cm³/mol. The van der Waals surface area contributed by atoms with Gasteiger partial charge in [0, 0.05) is 73.8 Å². The minimum atomic E-state index is -0.0582. The molecule has 4 aromatic heterocycles. The third-order valence-electron chi connectivity index (χ3n) is 10.7. The Kier molecular flexibility index (Phi) is 6.60. The Morgan fingerprint density at radius 1 is 0.435 bits per heavy atom. The van der Waals surface area contributed by atoms with E-state index in [0.29, 0.717) is 0 Å². The van der Waals surface area contributed by atoms with Gasteiger partial charge in [0.05, 0.1) is 0 Å². The van der Waals surface area contributed by atoms with Gasteiger partial charge in [-0.2, -0.15) is 0 Å². The van der Waals surface area contributed by atoms with Gasteiger partial charge in [-0.3, -0.25) is 9.59 Å². The lowest BCUT2D eigenvalue weighted by atomic mass is 9.59. The van der Waals surface area contributed by atoms with Gasteiger partial charge in [0.2, 0.25) is 0 Å². The number of hydrogen-bond acceptors (Lipinski definition) is 6. The highest BCUT2D eigenvalue weighted by molar-refractivity contribution is 7.24. The predicted octanol–water partition coefficient (Wildman–Crippen LogP) is 12.0. The number of fused-ring (bicyclic) bond motifs is 6. The maximum absolute atomic E-state index is 14.2. The van der Waals surface area contributed by atoms with Crippen molar-refractivity contribution in [3.8, 4) is 40.4 Å². The van der Waals surface area contributed by atoms with Crippen LogP contribution in [0.2, 0.25) is 0 Å². The molecule has 0 aliphatic heterocycles. The summed E-state index contributed by atoms with van der Waals surface area (Å²) in [5, 5.41) is 0. The molecule has 6 heteroatoms. The molecule has 0 spiro atoms. The van der Waals surface area contributed by atoms with Crippen LogP contribution in [0.5, 0.6) is 0 Å². The topological polar surface area (TPSA) is 34.1 Å². The van der Waals surface area contributed by atoms with Gasteiger partial charge in [0.25, 0.3) is 0 Å². The molecule has 6 unspecified atom stereocenters. The number of thiophene rings is 4. The maximum Gasteiger partial charge on any atom is 0.168 e. The maximum atomic E-state index is 14.2. The second-order valence-corrected chi connectivity index (χ2v) is 17.7. The van der Waals surface area contributed by atoms with Gasteiger partial charge in [-0.15, -0.1) is 45.3 Å². The smallest absolute Gasteiger partial charge is 0.168 e. The molecule has 9 rings (SSSR count). The molecule has 6 aromatic rings. The van der Waals surface area contributed by atoms with Crippen molar-refractivity contribution >= 4 is 56.9 Å². The van der Waals surface area contributed by atoms with Crippen molar-refractivity contribution in [1.82, 2.24) is 0 Å². The molecule has 228 valence electrons. The Labute approximate surface area is 285 Å². The Hall–Kier alpha value is -3.42. The summed E-state index contributed by atoms with van der Waals surface area (Å²) in [7, 11) is 0. The molecule has 1 saturated carbocycles. The highest BCUT2D eigenvalue weighted by Crippen LogP contribution is 2.65. The highest BCUT2D eigenvalue weighted by Gasteiger charge is 2.60. The molecule has 4 heterocycles. The zero-order chi connectivity index (χ0) is 31.4. The number of ketones is 2. The lowest BCUT2D eigenvalue weighted by Crippen LogP contribution is -2.42. The van der Waals surface area contributed by atoms with Crippen LogP contribution in [0.4, 0.5) is 0 Å². The molecule has 46 heavy (non-hydrogen) atoms. The number of benzene rings is 2. The van der Waals surface area contributed by atoms with E-state index >= 15 is 0 Å². The van der Waals surface area contributed by atoms with E-state index in [1.54, 1.807) is 45.3 Å². The first-order valence-corrected chi connectivity index (χ1v) is 19.2. The van der Waals surface area contributed by atoms with E-state index in [9.17, 15) is 9.59 Å².